The lowest BCUT2D eigenvalue weighted by Crippen LogP contribution is -2.30. The maximum absolute atomic E-state index is 13.6. The number of aromatic amines is 1. The molecule has 0 saturated heterocycles. The number of amides is 1. The highest BCUT2D eigenvalue weighted by molar-refractivity contribution is 6.05. The van der Waals surface area contributed by atoms with Crippen LogP contribution in [0.25, 0.3) is 10.9 Å². The third-order valence-electron chi connectivity index (χ3n) is 3.65. The van der Waals surface area contributed by atoms with Gasteiger partial charge < -0.3 is 15.0 Å². The molecule has 0 saturated carbocycles. The van der Waals surface area contributed by atoms with Crippen molar-refractivity contribution in [2.75, 3.05) is 5.32 Å². The highest BCUT2D eigenvalue weighted by Crippen LogP contribution is 2.20. The van der Waals surface area contributed by atoms with Gasteiger partial charge in [-0.05, 0) is 25.1 Å². The van der Waals surface area contributed by atoms with E-state index in [0.29, 0.717) is 17.0 Å². The van der Waals surface area contributed by atoms with E-state index >= 15 is 0 Å². The Hall–Kier alpha value is -3.22. The molecule has 2 aromatic carbocycles. The van der Waals surface area contributed by atoms with Gasteiger partial charge in [-0.25, -0.2) is 13.6 Å². The molecule has 0 bridgehead atoms. The predicted molar refractivity (Wildman–Crippen MR) is 88.2 cm³/mol. The number of halogens is 2. The van der Waals surface area contributed by atoms with E-state index in [4.69, 9.17) is 4.74 Å². The normalized spacial score (nSPS) is 12.0. The number of H-pyrrole nitrogens is 1. The molecule has 5 nitrogen and oxygen atoms in total. The molecule has 0 aliphatic heterocycles. The van der Waals surface area contributed by atoms with Crippen LogP contribution >= 0.6 is 0 Å². The quantitative estimate of drug-likeness (QED) is 0.710. The summed E-state index contributed by atoms with van der Waals surface area (Å²) in [5.41, 5.74) is 0.865. The van der Waals surface area contributed by atoms with Gasteiger partial charge in [0.1, 0.15) is 11.6 Å². The van der Waals surface area contributed by atoms with Crippen LogP contribution in [-0.2, 0) is 9.53 Å². The Balaban J connectivity index is 1.69. The Labute approximate surface area is 141 Å². The SMILES string of the molecule is C[C@H](OC(=O)c1c[nH]c2ccccc12)C(=O)Nc1ccc(F)cc1F. The molecule has 0 unspecified atom stereocenters. The molecular formula is C18H14F2N2O3. The van der Waals surface area contributed by atoms with Gasteiger partial charge >= 0.3 is 5.97 Å². The summed E-state index contributed by atoms with van der Waals surface area (Å²) < 4.78 is 31.6. The molecule has 0 aliphatic rings. The topological polar surface area (TPSA) is 71.2 Å². The molecule has 0 aliphatic carbocycles. The molecule has 0 radical (unpaired) electrons. The smallest absolute Gasteiger partial charge is 0.341 e. The molecule has 128 valence electrons. The summed E-state index contributed by atoms with van der Waals surface area (Å²) in [5, 5.41) is 2.93. The maximum atomic E-state index is 13.6. The standard InChI is InChI=1S/C18H14F2N2O3/c1-10(17(23)22-16-7-6-11(19)8-14(16)20)25-18(24)13-9-21-15-5-3-2-4-12(13)15/h2-10,21H,1H3,(H,22,23)/t10-/m0/s1. The van der Waals surface area contributed by atoms with E-state index in [0.717, 1.165) is 17.6 Å². The summed E-state index contributed by atoms with van der Waals surface area (Å²) in [4.78, 5) is 27.3. The number of ether oxygens (including phenoxy) is 1. The zero-order valence-electron chi connectivity index (χ0n) is 13.2. The van der Waals surface area contributed by atoms with Crippen LogP contribution in [0.3, 0.4) is 0 Å². The van der Waals surface area contributed by atoms with Crippen LogP contribution in [0, 0.1) is 11.6 Å². The fourth-order valence-corrected chi connectivity index (χ4v) is 2.34. The van der Waals surface area contributed by atoms with Gasteiger partial charge in [-0.3, -0.25) is 4.79 Å². The average molecular weight is 344 g/mol. The molecule has 3 rings (SSSR count). The fraction of sp³-hybridized carbons (Fsp3) is 0.111. The number of hydrogen-bond donors (Lipinski definition) is 2. The average Bonchev–Trinajstić information content (AvgIpc) is 3.01. The van der Waals surface area contributed by atoms with Crippen LogP contribution < -0.4 is 5.32 Å². The Morgan fingerprint density at radius 2 is 1.92 bits per heavy atom. The highest BCUT2D eigenvalue weighted by atomic mass is 19.1. The number of fused-ring (bicyclic) bond motifs is 1. The summed E-state index contributed by atoms with van der Waals surface area (Å²) in [6.45, 7) is 1.36. The van der Waals surface area contributed by atoms with Gasteiger partial charge in [-0.1, -0.05) is 18.2 Å². The first-order chi connectivity index (χ1) is 12.0. The highest BCUT2D eigenvalue weighted by Gasteiger charge is 2.22. The van der Waals surface area contributed by atoms with Crippen molar-refractivity contribution in [2.45, 2.75) is 13.0 Å². The van der Waals surface area contributed by atoms with E-state index in [9.17, 15) is 18.4 Å². The predicted octanol–water partition coefficient (Wildman–Crippen LogP) is 3.63. The number of anilines is 1. The van der Waals surface area contributed by atoms with E-state index in [-0.39, 0.29) is 5.69 Å². The molecule has 1 amide bonds. The summed E-state index contributed by atoms with van der Waals surface area (Å²) in [6, 6.07) is 9.92. The van der Waals surface area contributed by atoms with Gasteiger partial charge in [-0.15, -0.1) is 0 Å². The lowest BCUT2D eigenvalue weighted by molar-refractivity contribution is -0.123. The minimum atomic E-state index is -1.16. The molecule has 0 spiro atoms. The first kappa shape index (κ1) is 16.6. The minimum absolute atomic E-state index is 0.193. The Morgan fingerprint density at radius 3 is 2.68 bits per heavy atom. The van der Waals surface area contributed by atoms with E-state index in [2.05, 4.69) is 10.3 Å². The molecule has 1 atom stereocenters. The van der Waals surface area contributed by atoms with Crippen molar-refractivity contribution in [3.8, 4) is 0 Å². The minimum Gasteiger partial charge on any atom is -0.449 e. The fourth-order valence-electron chi connectivity index (χ4n) is 2.34. The van der Waals surface area contributed by atoms with Crippen molar-refractivity contribution in [2.24, 2.45) is 0 Å². The van der Waals surface area contributed by atoms with Gasteiger partial charge in [-0.2, -0.15) is 0 Å². The molecule has 1 heterocycles. The third kappa shape index (κ3) is 3.50. The number of esters is 1. The van der Waals surface area contributed by atoms with E-state index in [1.54, 1.807) is 18.2 Å². The summed E-state index contributed by atoms with van der Waals surface area (Å²) in [6.07, 6.45) is 0.336. The summed E-state index contributed by atoms with van der Waals surface area (Å²) in [7, 11) is 0. The second kappa shape index (κ2) is 6.72. The van der Waals surface area contributed by atoms with Crippen LogP contribution in [0.4, 0.5) is 14.5 Å². The number of benzene rings is 2. The van der Waals surface area contributed by atoms with E-state index < -0.39 is 29.6 Å². The van der Waals surface area contributed by atoms with Crippen molar-refractivity contribution in [1.82, 2.24) is 4.98 Å². The Bertz CT molecular complexity index is 952. The second-order valence-electron chi connectivity index (χ2n) is 5.41. The van der Waals surface area contributed by atoms with Crippen molar-refractivity contribution in [1.29, 1.82) is 0 Å². The zero-order chi connectivity index (χ0) is 18.0. The number of nitrogens with one attached hydrogen (secondary N) is 2. The number of rotatable bonds is 4. The number of hydrogen-bond acceptors (Lipinski definition) is 3. The molecule has 25 heavy (non-hydrogen) atoms. The van der Waals surface area contributed by atoms with E-state index in [1.165, 1.54) is 13.1 Å². The molecular weight excluding hydrogens is 330 g/mol. The van der Waals surface area contributed by atoms with Gasteiger partial charge in [0.2, 0.25) is 0 Å². The van der Waals surface area contributed by atoms with Crippen LogP contribution in [0.2, 0.25) is 0 Å². The number of carbonyl (C=O) groups is 2. The molecule has 3 aromatic rings. The number of para-hydroxylation sites is 1. The lowest BCUT2D eigenvalue weighted by atomic mass is 10.2. The van der Waals surface area contributed by atoms with Crippen LogP contribution in [-0.4, -0.2) is 23.0 Å². The van der Waals surface area contributed by atoms with Crippen LogP contribution in [0.5, 0.6) is 0 Å². The van der Waals surface area contributed by atoms with Gasteiger partial charge in [0, 0.05) is 23.2 Å². The Kier molecular flexibility index (Phi) is 4.47. The summed E-state index contributed by atoms with van der Waals surface area (Å²) >= 11 is 0. The van der Waals surface area contributed by atoms with E-state index in [1.807, 2.05) is 6.07 Å². The van der Waals surface area contributed by atoms with Crippen molar-refractivity contribution in [3.05, 3.63) is 65.9 Å². The summed E-state index contributed by atoms with van der Waals surface area (Å²) in [5.74, 6) is -3.07. The monoisotopic (exact) mass is 344 g/mol. The first-order valence-electron chi connectivity index (χ1n) is 7.48. The molecule has 2 N–H and O–H groups in total. The van der Waals surface area contributed by atoms with Gasteiger partial charge in [0.25, 0.3) is 5.91 Å². The van der Waals surface area contributed by atoms with Gasteiger partial charge in [0.05, 0.1) is 11.3 Å². The van der Waals surface area contributed by atoms with Crippen LogP contribution in [0.15, 0.2) is 48.7 Å². The second-order valence-corrected chi connectivity index (χ2v) is 5.41. The Morgan fingerprint density at radius 1 is 1.16 bits per heavy atom. The zero-order valence-corrected chi connectivity index (χ0v) is 13.2. The first-order valence-corrected chi connectivity index (χ1v) is 7.48. The largest absolute Gasteiger partial charge is 0.449 e. The number of aromatic nitrogens is 1. The molecule has 0 fully saturated rings. The third-order valence-corrected chi connectivity index (χ3v) is 3.65. The maximum Gasteiger partial charge on any atom is 0.341 e. The van der Waals surface area contributed by atoms with Crippen molar-refractivity contribution >= 4 is 28.5 Å². The lowest BCUT2D eigenvalue weighted by Gasteiger charge is -2.13. The van der Waals surface area contributed by atoms with Crippen LogP contribution in [0.1, 0.15) is 17.3 Å². The van der Waals surface area contributed by atoms with Crippen molar-refractivity contribution < 1.29 is 23.1 Å². The number of carbonyl (C=O) groups excluding carboxylic acids is 2. The molecule has 7 heteroatoms. The van der Waals surface area contributed by atoms with Gasteiger partial charge in [0.15, 0.2) is 6.10 Å². The molecule has 1 aromatic heterocycles. The van der Waals surface area contributed by atoms with Crippen molar-refractivity contribution in [3.63, 3.8) is 0 Å².